The van der Waals surface area contributed by atoms with Crippen molar-refractivity contribution in [3.8, 4) is 0 Å². The van der Waals surface area contributed by atoms with Crippen molar-refractivity contribution in [1.29, 1.82) is 0 Å². The standard InChI is InChI=1S/C11H13N3O2S/c1-7-5-10(16)14-9(3-4-12-8(2)15)6-17-11(14)13-7/h5-6H,3-4H2,1-2H3,(H,12,15). The van der Waals surface area contributed by atoms with E-state index in [-0.39, 0.29) is 11.5 Å². The Morgan fingerprint density at radius 3 is 3.06 bits per heavy atom. The van der Waals surface area contributed by atoms with Crippen molar-refractivity contribution < 1.29 is 4.79 Å². The highest BCUT2D eigenvalue weighted by molar-refractivity contribution is 7.15. The molecule has 1 N–H and O–H groups in total. The number of hydrogen-bond donors (Lipinski definition) is 1. The average molecular weight is 251 g/mol. The lowest BCUT2D eigenvalue weighted by Crippen LogP contribution is -2.24. The van der Waals surface area contributed by atoms with E-state index in [1.807, 2.05) is 5.38 Å². The lowest BCUT2D eigenvalue weighted by Gasteiger charge is -2.02. The van der Waals surface area contributed by atoms with E-state index in [0.717, 1.165) is 11.4 Å². The molecule has 2 aromatic rings. The molecule has 0 aliphatic rings. The number of nitrogens with zero attached hydrogens (tertiary/aromatic N) is 2. The average Bonchev–Trinajstić information content (AvgIpc) is 2.60. The Balaban J connectivity index is 2.30. The second-order valence-corrected chi connectivity index (χ2v) is 4.65. The van der Waals surface area contributed by atoms with Crippen molar-refractivity contribution >= 4 is 22.2 Å². The molecule has 0 aromatic carbocycles. The molecular formula is C11H13N3O2S. The quantitative estimate of drug-likeness (QED) is 0.875. The smallest absolute Gasteiger partial charge is 0.258 e. The number of hydrogen-bond acceptors (Lipinski definition) is 4. The van der Waals surface area contributed by atoms with Gasteiger partial charge in [0.25, 0.3) is 5.56 Å². The molecule has 0 aliphatic heterocycles. The lowest BCUT2D eigenvalue weighted by molar-refractivity contribution is -0.118. The van der Waals surface area contributed by atoms with Gasteiger partial charge in [-0.2, -0.15) is 0 Å². The van der Waals surface area contributed by atoms with Crippen LogP contribution >= 0.6 is 11.3 Å². The minimum absolute atomic E-state index is 0.0634. The fourth-order valence-electron chi connectivity index (χ4n) is 1.62. The molecule has 6 heteroatoms. The highest BCUT2D eigenvalue weighted by Crippen LogP contribution is 2.12. The van der Waals surface area contributed by atoms with Crippen molar-refractivity contribution in [2.24, 2.45) is 0 Å². The van der Waals surface area contributed by atoms with Gasteiger partial charge in [-0.05, 0) is 6.92 Å². The SMILES string of the molecule is CC(=O)NCCc1csc2nc(C)cc(=O)n12. The Labute approximate surface area is 102 Å². The first-order chi connectivity index (χ1) is 8.08. The summed E-state index contributed by atoms with van der Waals surface area (Å²) in [6, 6.07) is 1.52. The molecule has 0 unspecified atom stereocenters. The molecule has 0 atom stereocenters. The maximum Gasteiger partial charge on any atom is 0.258 e. The fourth-order valence-corrected chi connectivity index (χ4v) is 2.60. The van der Waals surface area contributed by atoms with Crippen molar-refractivity contribution in [1.82, 2.24) is 14.7 Å². The van der Waals surface area contributed by atoms with Crippen LogP contribution in [0.4, 0.5) is 0 Å². The summed E-state index contributed by atoms with van der Waals surface area (Å²) in [7, 11) is 0. The Morgan fingerprint density at radius 2 is 2.35 bits per heavy atom. The van der Waals surface area contributed by atoms with Crippen molar-refractivity contribution in [2.75, 3.05) is 6.54 Å². The molecule has 0 fully saturated rings. The molecule has 2 heterocycles. The number of carbonyl (C=O) groups excluding carboxylic acids is 1. The molecule has 2 aromatic heterocycles. The van der Waals surface area contributed by atoms with Gasteiger partial charge in [0, 0.05) is 42.7 Å². The molecule has 1 amide bonds. The second-order valence-electron chi connectivity index (χ2n) is 3.81. The van der Waals surface area contributed by atoms with Gasteiger partial charge in [0.2, 0.25) is 5.91 Å². The molecule has 0 radical (unpaired) electrons. The molecule has 17 heavy (non-hydrogen) atoms. The van der Waals surface area contributed by atoms with Crippen molar-refractivity contribution in [3.63, 3.8) is 0 Å². The first-order valence-electron chi connectivity index (χ1n) is 5.29. The molecule has 0 saturated heterocycles. The van der Waals surface area contributed by atoms with Gasteiger partial charge < -0.3 is 5.32 Å². The maximum absolute atomic E-state index is 11.8. The Kier molecular flexibility index (Phi) is 3.23. The summed E-state index contributed by atoms with van der Waals surface area (Å²) in [5.74, 6) is -0.0640. The van der Waals surface area contributed by atoms with Crippen LogP contribution in [0.3, 0.4) is 0 Å². The predicted molar refractivity (Wildman–Crippen MR) is 66.5 cm³/mol. The van der Waals surface area contributed by atoms with Crippen LogP contribution in [0, 0.1) is 6.92 Å². The minimum Gasteiger partial charge on any atom is -0.356 e. The van der Waals surface area contributed by atoms with Gasteiger partial charge in [0.05, 0.1) is 0 Å². The van der Waals surface area contributed by atoms with Crippen LogP contribution in [0.1, 0.15) is 18.3 Å². The topological polar surface area (TPSA) is 63.5 Å². The highest BCUT2D eigenvalue weighted by Gasteiger charge is 2.07. The third-order valence-corrected chi connectivity index (χ3v) is 3.23. The molecule has 90 valence electrons. The highest BCUT2D eigenvalue weighted by atomic mass is 32.1. The maximum atomic E-state index is 11.8. The molecule has 0 spiro atoms. The van der Waals surface area contributed by atoms with E-state index in [1.165, 1.54) is 24.3 Å². The second kappa shape index (κ2) is 4.67. The fraction of sp³-hybridized carbons (Fsp3) is 0.364. The molecule has 0 saturated carbocycles. The van der Waals surface area contributed by atoms with E-state index in [0.29, 0.717) is 17.9 Å². The number of thiazole rings is 1. The summed E-state index contributed by atoms with van der Waals surface area (Å²) in [5, 5.41) is 4.62. The third-order valence-electron chi connectivity index (χ3n) is 2.36. The van der Waals surface area contributed by atoms with Crippen LogP contribution in [0.5, 0.6) is 0 Å². The van der Waals surface area contributed by atoms with Crippen LogP contribution in [-0.4, -0.2) is 21.8 Å². The van der Waals surface area contributed by atoms with E-state index in [4.69, 9.17) is 0 Å². The molecule has 5 nitrogen and oxygen atoms in total. The third kappa shape index (κ3) is 2.52. The van der Waals surface area contributed by atoms with Crippen LogP contribution in [-0.2, 0) is 11.2 Å². The Bertz CT molecular complexity index is 615. The van der Waals surface area contributed by atoms with Gasteiger partial charge in [0.15, 0.2) is 4.96 Å². The van der Waals surface area contributed by atoms with Crippen LogP contribution in [0.25, 0.3) is 4.96 Å². The first kappa shape index (κ1) is 11.8. The molecular weight excluding hydrogens is 238 g/mol. The number of aromatic nitrogens is 2. The van der Waals surface area contributed by atoms with Gasteiger partial charge in [0.1, 0.15) is 0 Å². The minimum atomic E-state index is -0.0640. The van der Waals surface area contributed by atoms with E-state index < -0.39 is 0 Å². The zero-order valence-electron chi connectivity index (χ0n) is 9.69. The van der Waals surface area contributed by atoms with E-state index in [9.17, 15) is 9.59 Å². The number of rotatable bonds is 3. The van der Waals surface area contributed by atoms with Gasteiger partial charge in [-0.3, -0.25) is 14.0 Å². The van der Waals surface area contributed by atoms with Crippen molar-refractivity contribution in [3.05, 3.63) is 33.2 Å². The predicted octanol–water partition coefficient (Wildman–Crippen LogP) is 0.743. The van der Waals surface area contributed by atoms with Crippen molar-refractivity contribution in [2.45, 2.75) is 20.3 Å². The lowest BCUT2D eigenvalue weighted by atomic mass is 10.3. The normalized spacial score (nSPS) is 10.7. The largest absolute Gasteiger partial charge is 0.356 e. The van der Waals surface area contributed by atoms with Gasteiger partial charge in [-0.1, -0.05) is 0 Å². The number of fused-ring (bicyclic) bond motifs is 1. The number of aryl methyl sites for hydroxylation is 1. The number of amides is 1. The summed E-state index contributed by atoms with van der Waals surface area (Å²) in [6.07, 6.45) is 0.629. The van der Waals surface area contributed by atoms with Gasteiger partial charge in [-0.15, -0.1) is 11.3 Å². The summed E-state index contributed by atoms with van der Waals surface area (Å²) in [5.41, 5.74) is 1.55. The first-order valence-corrected chi connectivity index (χ1v) is 6.17. The van der Waals surface area contributed by atoms with Crippen LogP contribution in [0.15, 0.2) is 16.2 Å². The van der Waals surface area contributed by atoms with Gasteiger partial charge in [-0.25, -0.2) is 4.98 Å². The molecule has 0 bridgehead atoms. The summed E-state index contributed by atoms with van der Waals surface area (Å²) >= 11 is 1.44. The van der Waals surface area contributed by atoms with Crippen LogP contribution < -0.4 is 10.9 Å². The van der Waals surface area contributed by atoms with Gasteiger partial charge >= 0.3 is 0 Å². The summed E-state index contributed by atoms with van der Waals surface area (Å²) < 4.78 is 1.60. The summed E-state index contributed by atoms with van der Waals surface area (Å²) in [4.78, 5) is 27.6. The Hall–Kier alpha value is -1.69. The van der Waals surface area contributed by atoms with E-state index in [1.54, 1.807) is 11.3 Å². The van der Waals surface area contributed by atoms with Crippen LogP contribution in [0.2, 0.25) is 0 Å². The Morgan fingerprint density at radius 1 is 1.59 bits per heavy atom. The molecule has 0 aliphatic carbocycles. The monoisotopic (exact) mass is 251 g/mol. The van der Waals surface area contributed by atoms with E-state index >= 15 is 0 Å². The zero-order chi connectivity index (χ0) is 12.4. The number of carbonyl (C=O) groups is 1. The molecule has 2 rings (SSSR count). The summed E-state index contributed by atoms with van der Waals surface area (Å²) in [6.45, 7) is 3.81. The van der Waals surface area contributed by atoms with E-state index in [2.05, 4.69) is 10.3 Å². The number of nitrogens with one attached hydrogen (secondary N) is 1. The zero-order valence-corrected chi connectivity index (χ0v) is 10.5.